The maximum atomic E-state index is 11.1. The number of nitrogens with zero attached hydrogens (tertiary/aromatic N) is 2. The Morgan fingerprint density at radius 3 is 2.75 bits per heavy atom. The number of likely N-dealkylation sites (N-methyl/N-ethyl adjacent to an activating group) is 1. The Morgan fingerprint density at radius 2 is 2.04 bits per heavy atom. The molecule has 5 nitrogen and oxygen atoms in total. The Labute approximate surface area is 144 Å². The summed E-state index contributed by atoms with van der Waals surface area (Å²) < 4.78 is 5.96. The predicted molar refractivity (Wildman–Crippen MR) is 96.1 cm³/mol. The molecule has 3 rings (SSSR count). The lowest BCUT2D eigenvalue weighted by atomic mass is 10.0. The molecule has 6 heteroatoms. The third-order valence-electron chi connectivity index (χ3n) is 3.62. The molecule has 0 bridgehead atoms. The van der Waals surface area contributed by atoms with E-state index in [2.05, 4.69) is 4.98 Å². The summed E-state index contributed by atoms with van der Waals surface area (Å²) in [6.07, 6.45) is 0. The van der Waals surface area contributed by atoms with Gasteiger partial charge in [-0.05, 0) is 30.9 Å². The molecule has 0 aliphatic heterocycles. The van der Waals surface area contributed by atoms with Crippen LogP contribution in [0.1, 0.15) is 10.5 Å². The molecular formula is C18H18N2O3S. The molecule has 0 spiro atoms. The summed E-state index contributed by atoms with van der Waals surface area (Å²) in [7, 11) is 3.98. The van der Waals surface area contributed by atoms with Crippen molar-refractivity contribution in [3.63, 3.8) is 0 Å². The first kappa shape index (κ1) is 16.4. The molecule has 0 unspecified atom stereocenters. The van der Waals surface area contributed by atoms with E-state index in [9.17, 15) is 4.79 Å². The number of hydrogen-bond donors (Lipinski definition) is 1. The van der Waals surface area contributed by atoms with E-state index < -0.39 is 5.97 Å². The molecule has 24 heavy (non-hydrogen) atoms. The number of ether oxygens (including phenoxy) is 1. The van der Waals surface area contributed by atoms with Gasteiger partial charge in [0.05, 0.1) is 5.56 Å². The van der Waals surface area contributed by atoms with E-state index in [0.717, 1.165) is 28.6 Å². The van der Waals surface area contributed by atoms with Crippen LogP contribution in [0.25, 0.3) is 21.3 Å². The number of aromatic carboxylic acids is 1. The van der Waals surface area contributed by atoms with Crippen LogP contribution in [0.4, 0.5) is 0 Å². The van der Waals surface area contributed by atoms with E-state index in [1.165, 1.54) is 11.3 Å². The van der Waals surface area contributed by atoms with Crippen LogP contribution < -0.4 is 4.74 Å². The van der Waals surface area contributed by atoms with Gasteiger partial charge >= 0.3 is 5.97 Å². The lowest BCUT2D eigenvalue weighted by Crippen LogP contribution is -2.19. The van der Waals surface area contributed by atoms with Gasteiger partial charge in [0.15, 0.2) is 5.69 Å². The normalized spacial score (nSPS) is 11.1. The molecule has 3 aromatic rings. The summed E-state index contributed by atoms with van der Waals surface area (Å²) in [6.45, 7) is 1.35. The van der Waals surface area contributed by atoms with Crippen LogP contribution in [0.3, 0.4) is 0 Å². The largest absolute Gasteiger partial charge is 0.491 e. The number of aromatic nitrogens is 1. The average Bonchev–Trinajstić information content (AvgIpc) is 3.04. The molecule has 1 aromatic heterocycles. The van der Waals surface area contributed by atoms with Gasteiger partial charge in [-0.15, -0.1) is 11.3 Å². The van der Waals surface area contributed by atoms with Gasteiger partial charge in [0.2, 0.25) is 0 Å². The van der Waals surface area contributed by atoms with Crippen LogP contribution in [0, 0.1) is 0 Å². The van der Waals surface area contributed by atoms with Gasteiger partial charge in [-0.2, -0.15) is 0 Å². The number of fused-ring (bicyclic) bond motifs is 1. The van der Waals surface area contributed by atoms with Gasteiger partial charge in [0.25, 0.3) is 0 Å². The molecule has 2 aromatic carbocycles. The second kappa shape index (κ2) is 6.98. The Bertz CT molecular complexity index is 874. The Hall–Kier alpha value is -2.44. The van der Waals surface area contributed by atoms with E-state index in [-0.39, 0.29) is 5.69 Å². The highest BCUT2D eigenvalue weighted by molar-refractivity contribution is 7.13. The molecule has 124 valence electrons. The van der Waals surface area contributed by atoms with Crippen molar-refractivity contribution < 1.29 is 14.6 Å². The van der Waals surface area contributed by atoms with Crippen molar-refractivity contribution in [1.82, 2.24) is 9.88 Å². The minimum atomic E-state index is -1.02. The maximum absolute atomic E-state index is 11.1. The zero-order chi connectivity index (χ0) is 17.1. The lowest BCUT2D eigenvalue weighted by Gasteiger charge is -2.15. The molecular weight excluding hydrogens is 324 g/mol. The average molecular weight is 342 g/mol. The minimum Gasteiger partial charge on any atom is -0.491 e. The van der Waals surface area contributed by atoms with E-state index in [0.29, 0.717) is 11.6 Å². The predicted octanol–water partition coefficient (Wildman–Crippen LogP) is 3.60. The van der Waals surface area contributed by atoms with Crippen molar-refractivity contribution in [2.45, 2.75) is 0 Å². The number of carbonyl (C=O) groups is 1. The molecule has 0 aliphatic carbocycles. The molecule has 0 saturated carbocycles. The van der Waals surface area contributed by atoms with E-state index in [1.54, 1.807) is 5.38 Å². The Balaban J connectivity index is 2.08. The number of carboxylic acids is 1. The van der Waals surface area contributed by atoms with Gasteiger partial charge in [0.1, 0.15) is 17.4 Å². The van der Waals surface area contributed by atoms with Crippen molar-refractivity contribution in [3.8, 4) is 16.3 Å². The molecule has 0 radical (unpaired) electrons. The van der Waals surface area contributed by atoms with Gasteiger partial charge < -0.3 is 14.7 Å². The summed E-state index contributed by atoms with van der Waals surface area (Å²) in [5.41, 5.74) is 0.909. The SMILES string of the molecule is CN(C)CCOc1ccc2ccccc2c1-c1nc(C(=O)O)cs1. The summed E-state index contributed by atoms with van der Waals surface area (Å²) in [5.74, 6) is -0.297. The van der Waals surface area contributed by atoms with Crippen molar-refractivity contribution in [2.24, 2.45) is 0 Å². The zero-order valence-corrected chi connectivity index (χ0v) is 14.3. The minimum absolute atomic E-state index is 0.0576. The van der Waals surface area contributed by atoms with Crippen LogP contribution in [0.15, 0.2) is 41.8 Å². The monoisotopic (exact) mass is 342 g/mol. The number of hydrogen-bond acceptors (Lipinski definition) is 5. The molecule has 0 fully saturated rings. The van der Waals surface area contributed by atoms with E-state index >= 15 is 0 Å². The van der Waals surface area contributed by atoms with Crippen LogP contribution in [0.2, 0.25) is 0 Å². The number of carboxylic acid groups (broad SMARTS) is 1. The number of rotatable bonds is 6. The fourth-order valence-corrected chi connectivity index (χ4v) is 3.27. The maximum Gasteiger partial charge on any atom is 0.355 e. The van der Waals surface area contributed by atoms with Crippen molar-refractivity contribution in [1.29, 1.82) is 0 Å². The molecule has 0 atom stereocenters. The molecule has 1 heterocycles. The van der Waals surface area contributed by atoms with Crippen LogP contribution >= 0.6 is 11.3 Å². The Morgan fingerprint density at radius 1 is 1.25 bits per heavy atom. The first-order chi connectivity index (χ1) is 11.6. The number of benzene rings is 2. The number of thiazole rings is 1. The summed E-state index contributed by atoms with van der Waals surface area (Å²) in [6, 6.07) is 11.9. The summed E-state index contributed by atoms with van der Waals surface area (Å²) in [5, 5.41) is 13.4. The smallest absolute Gasteiger partial charge is 0.355 e. The standard InChI is InChI=1S/C18H18N2O3S/c1-20(2)9-10-23-15-8-7-12-5-3-4-6-13(12)16(15)17-19-14(11-24-17)18(21)22/h3-8,11H,9-10H2,1-2H3,(H,21,22). The highest BCUT2D eigenvalue weighted by Gasteiger charge is 2.17. The lowest BCUT2D eigenvalue weighted by molar-refractivity contribution is 0.0691. The third-order valence-corrected chi connectivity index (χ3v) is 4.48. The highest BCUT2D eigenvalue weighted by atomic mass is 32.1. The van der Waals surface area contributed by atoms with Gasteiger partial charge in [-0.1, -0.05) is 30.3 Å². The zero-order valence-electron chi connectivity index (χ0n) is 13.5. The molecule has 0 amide bonds. The quantitative estimate of drug-likeness (QED) is 0.741. The van der Waals surface area contributed by atoms with Gasteiger partial charge in [-0.3, -0.25) is 0 Å². The van der Waals surface area contributed by atoms with Crippen molar-refractivity contribution >= 4 is 28.1 Å². The second-order valence-corrected chi connectivity index (χ2v) is 6.51. The Kier molecular flexibility index (Phi) is 4.78. The molecule has 1 N–H and O–H groups in total. The van der Waals surface area contributed by atoms with E-state index in [4.69, 9.17) is 9.84 Å². The van der Waals surface area contributed by atoms with Gasteiger partial charge in [-0.25, -0.2) is 9.78 Å². The summed E-state index contributed by atoms with van der Waals surface area (Å²) >= 11 is 1.32. The highest BCUT2D eigenvalue weighted by Crippen LogP contribution is 2.38. The fraction of sp³-hybridized carbons (Fsp3) is 0.222. The van der Waals surface area contributed by atoms with Crippen LogP contribution in [-0.4, -0.2) is 48.2 Å². The molecule has 0 aliphatic rings. The first-order valence-electron chi connectivity index (χ1n) is 7.54. The van der Waals surface area contributed by atoms with Crippen LogP contribution in [-0.2, 0) is 0 Å². The first-order valence-corrected chi connectivity index (χ1v) is 8.42. The van der Waals surface area contributed by atoms with Crippen LogP contribution in [0.5, 0.6) is 5.75 Å². The van der Waals surface area contributed by atoms with Gasteiger partial charge in [0, 0.05) is 11.9 Å². The van der Waals surface area contributed by atoms with Crippen molar-refractivity contribution in [2.75, 3.05) is 27.2 Å². The third kappa shape index (κ3) is 3.39. The topological polar surface area (TPSA) is 62.7 Å². The molecule has 0 saturated heterocycles. The second-order valence-electron chi connectivity index (χ2n) is 5.65. The van der Waals surface area contributed by atoms with E-state index in [1.807, 2.05) is 55.4 Å². The fourth-order valence-electron chi connectivity index (χ4n) is 2.42. The van der Waals surface area contributed by atoms with Crippen molar-refractivity contribution in [3.05, 3.63) is 47.5 Å². The summed E-state index contributed by atoms with van der Waals surface area (Å²) in [4.78, 5) is 17.5.